The number of hydrogen-bond acceptors (Lipinski definition) is 19. The van der Waals surface area contributed by atoms with Crippen molar-refractivity contribution in [3.63, 3.8) is 0 Å². The highest BCUT2D eigenvalue weighted by molar-refractivity contribution is 5.55. The van der Waals surface area contributed by atoms with Crippen LogP contribution in [0.1, 0.15) is 71.3 Å². The second-order valence-corrected chi connectivity index (χ2v) is 16.6. The molecule has 4 aliphatic heterocycles. The molecule has 0 fully saturated rings. The number of aliphatic hydroxyl groups is 5. The van der Waals surface area contributed by atoms with Gasteiger partial charge in [-0.05, 0) is 59.7 Å². The van der Waals surface area contributed by atoms with E-state index in [0.29, 0.717) is 50.8 Å². The largest absolute Gasteiger partial charge is 0.508 e. The molecule has 0 spiro atoms. The normalized spacial score (nSPS) is 23.6. The first-order valence-electron chi connectivity index (χ1n) is 21.6. The fourth-order valence-corrected chi connectivity index (χ4v) is 8.78. The monoisotopic (exact) mass is 968 g/mol. The molecular formula is C51H52O19. The summed E-state index contributed by atoms with van der Waals surface area (Å²) in [7, 11) is 2.86. The van der Waals surface area contributed by atoms with E-state index < -0.39 is 60.7 Å². The molecule has 0 saturated heterocycles. The third-order valence-corrected chi connectivity index (χ3v) is 12.2. The molecule has 6 aromatic rings. The molecule has 370 valence electrons. The van der Waals surface area contributed by atoms with Crippen molar-refractivity contribution in [2.24, 2.45) is 0 Å². The Morgan fingerprint density at radius 2 is 0.900 bits per heavy atom. The van der Waals surface area contributed by atoms with Crippen LogP contribution in [0.25, 0.3) is 0 Å². The van der Waals surface area contributed by atoms with Gasteiger partial charge >= 0.3 is 0 Å². The van der Waals surface area contributed by atoms with Crippen LogP contribution in [0.3, 0.4) is 0 Å². The number of phenols is 6. The van der Waals surface area contributed by atoms with Crippen LogP contribution in [0.2, 0.25) is 0 Å². The van der Waals surface area contributed by atoms with Crippen LogP contribution < -0.4 is 37.9 Å². The smallest absolute Gasteiger partial charge is 0.163 e. The van der Waals surface area contributed by atoms with Gasteiger partial charge < -0.3 is 94.1 Å². The maximum Gasteiger partial charge on any atom is 0.163 e. The first-order valence-corrected chi connectivity index (χ1v) is 21.6. The third-order valence-electron chi connectivity index (χ3n) is 12.2. The van der Waals surface area contributed by atoms with Gasteiger partial charge in [-0.3, -0.25) is 0 Å². The Hall–Kier alpha value is -7.68. The van der Waals surface area contributed by atoms with Crippen molar-refractivity contribution in [2.75, 3.05) is 27.4 Å². The Kier molecular flexibility index (Phi) is 13.8. The summed E-state index contributed by atoms with van der Waals surface area (Å²) in [5.74, 6) is 1.30. The maximum absolute atomic E-state index is 10.7. The summed E-state index contributed by atoms with van der Waals surface area (Å²) in [6, 6.07) is 24.2. The van der Waals surface area contributed by atoms with Gasteiger partial charge in [-0.15, -0.1) is 0 Å². The van der Waals surface area contributed by atoms with Gasteiger partial charge in [0.2, 0.25) is 0 Å². The Morgan fingerprint density at radius 3 is 1.41 bits per heavy atom. The molecule has 0 saturated carbocycles. The lowest BCUT2D eigenvalue weighted by Gasteiger charge is -2.36. The predicted octanol–water partition coefficient (Wildman–Crippen LogP) is 5.57. The molecule has 10 rings (SSSR count). The molecule has 0 bridgehead atoms. The Bertz CT molecular complexity index is 2870. The molecule has 0 aromatic heterocycles. The van der Waals surface area contributed by atoms with E-state index in [2.05, 4.69) is 0 Å². The minimum Gasteiger partial charge on any atom is -0.508 e. The fraction of sp³-hybridized carbons (Fsp3) is 0.294. The minimum atomic E-state index is -1.46. The lowest BCUT2D eigenvalue weighted by atomic mass is 9.91. The lowest BCUT2D eigenvalue weighted by Crippen LogP contribution is -2.36. The van der Waals surface area contributed by atoms with Gasteiger partial charge in [0.15, 0.2) is 76.5 Å². The highest BCUT2D eigenvalue weighted by Gasteiger charge is 2.41. The molecule has 19 heteroatoms. The lowest BCUT2D eigenvalue weighted by molar-refractivity contribution is -0.0713. The van der Waals surface area contributed by atoms with Crippen LogP contribution in [-0.2, 0) is 6.42 Å². The maximum atomic E-state index is 10.7. The van der Waals surface area contributed by atoms with E-state index in [1.54, 1.807) is 60.7 Å². The molecule has 0 radical (unpaired) electrons. The Balaban J connectivity index is 0.000000186. The number of benzene rings is 6. The minimum absolute atomic E-state index is 0. The van der Waals surface area contributed by atoms with Gasteiger partial charge in [-0.2, -0.15) is 0 Å². The molecule has 9 atom stereocenters. The second-order valence-electron chi connectivity index (χ2n) is 16.6. The van der Waals surface area contributed by atoms with E-state index in [1.165, 1.54) is 44.6 Å². The van der Waals surface area contributed by atoms with Gasteiger partial charge in [-0.1, -0.05) is 31.7 Å². The van der Waals surface area contributed by atoms with Crippen molar-refractivity contribution in [2.45, 2.75) is 68.8 Å². The number of phenolic OH excluding ortho intramolecular Hbond substituents is 6. The van der Waals surface area contributed by atoms with Crippen LogP contribution in [0.5, 0.6) is 80.5 Å². The third kappa shape index (κ3) is 9.15. The van der Waals surface area contributed by atoms with Crippen molar-refractivity contribution < 1.29 is 94.1 Å². The summed E-state index contributed by atoms with van der Waals surface area (Å²) in [6.45, 7) is -0.640. The van der Waals surface area contributed by atoms with E-state index in [-0.39, 0.29) is 84.4 Å². The first-order chi connectivity index (χ1) is 33.2. The van der Waals surface area contributed by atoms with Gasteiger partial charge in [0.1, 0.15) is 52.8 Å². The van der Waals surface area contributed by atoms with Crippen LogP contribution in [0.4, 0.5) is 0 Å². The first kappa shape index (κ1) is 48.8. The van der Waals surface area contributed by atoms with Gasteiger partial charge in [0, 0.05) is 47.4 Å². The number of aliphatic hydroxyl groups excluding tert-OH is 5. The van der Waals surface area contributed by atoms with Gasteiger partial charge in [-0.25, -0.2) is 0 Å². The summed E-state index contributed by atoms with van der Waals surface area (Å²) in [5.41, 5.74) is 2.68. The number of rotatable bonds is 8. The van der Waals surface area contributed by atoms with Crippen molar-refractivity contribution >= 4 is 0 Å². The average Bonchev–Trinajstić information content (AvgIpc) is 3.34. The number of ether oxygens (including phenoxy) is 8. The Labute approximate surface area is 400 Å². The molecule has 70 heavy (non-hydrogen) atoms. The molecule has 0 aliphatic carbocycles. The standard InChI is InChI=1S/C25H24O10.C25H24O9.CH4/c1-32-17-6-11(2-4-14(17)28)24-20(10-26)33-16-5-3-12(7-18(16)34-24)25-23(31)22(30)21-15(29)8-13(27)9-19(21)35-25;1-31-21-6-13(2-4-16(21)28)25-23(11-26)32-19-5-3-12(7-22(19)34-25)24-18(30)10-15-17(29)8-14(27)9-20(15)33-24;/h2-9,20,22-31H,10H2,1H3;2-9,18,23-30H,10-11H2,1H3;1H4/t20-,22?,23+,24-,25-;18-,23+,24+,25+;/m10./s1. The quantitative estimate of drug-likeness (QED) is 0.0888. The Morgan fingerprint density at radius 1 is 0.457 bits per heavy atom. The summed E-state index contributed by atoms with van der Waals surface area (Å²) in [4.78, 5) is 0. The van der Waals surface area contributed by atoms with Crippen molar-refractivity contribution in [1.29, 1.82) is 0 Å². The van der Waals surface area contributed by atoms with Crippen molar-refractivity contribution in [1.82, 2.24) is 0 Å². The predicted molar refractivity (Wildman–Crippen MR) is 246 cm³/mol. The van der Waals surface area contributed by atoms with Crippen LogP contribution in [-0.4, -0.2) is 108 Å². The number of aromatic hydroxyl groups is 6. The van der Waals surface area contributed by atoms with E-state index in [0.717, 1.165) is 6.07 Å². The number of hydrogen-bond donors (Lipinski definition) is 11. The average molecular weight is 969 g/mol. The molecule has 0 amide bonds. The highest BCUT2D eigenvalue weighted by Crippen LogP contribution is 2.50. The second kappa shape index (κ2) is 19.7. The molecule has 11 N–H and O–H groups in total. The molecule has 4 aliphatic rings. The summed E-state index contributed by atoms with van der Waals surface area (Å²) in [6.07, 6.45) is -8.38. The van der Waals surface area contributed by atoms with Crippen molar-refractivity contribution in [3.05, 3.63) is 130 Å². The van der Waals surface area contributed by atoms with Crippen LogP contribution >= 0.6 is 0 Å². The zero-order chi connectivity index (χ0) is 48.8. The highest BCUT2D eigenvalue weighted by atomic mass is 16.6. The summed E-state index contributed by atoms with van der Waals surface area (Å²) in [5, 5.41) is 111. The van der Waals surface area contributed by atoms with Crippen molar-refractivity contribution in [3.8, 4) is 80.5 Å². The zero-order valence-corrected chi connectivity index (χ0v) is 36.7. The van der Waals surface area contributed by atoms with E-state index in [1.807, 2.05) is 0 Å². The topological polar surface area (TPSA) is 296 Å². The SMILES string of the molecule is C.COc1cc([C@H]2Oc3cc([C@H]4Oc5cc(O)cc(O)c5C(O)[C@@H]4O)ccc3O[C@@H]2CO)ccc1O.COc1cc([C@H]2Oc3cc([C@H]4Oc5cc(O)cc(O)c5C[C@@H]4O)ccc3O[C@@H]2CO)ccc1O. The summed E-state index contributed by atoms with van der Waals surface area (Å²) < 4.78 is 46.4. The molecular weight excluding hydrogens is 917 g/mol. The van der Waals surface area contributed by atoms with E-state index >= 15 is 0 Å². The number of fused-ring (bicyclic) bond motifs is 4. The molecule has 19 nitrogen and oxygen atoms in total. The number of methoxy groups -OCH3 is 2. The van der Waals surface area contributed by atoms with Gasteiger partial charge in [0.05, 0.1) is 39.1 Å². The summed E-state index contributed by atoms with van der Waals surface area (Å²) >= 11 is 0. The van der Waals surface area contributed by atoms with Crippen LogP contribution in [0.15, 0.2) is 97.1 Å². The fourth-order valence-electron chi connectivity index (χ4n) is 8.78. The van der Waals surface area contributed by atoms with E-state index in [4.69, 9.17) is 37.9 Å². The molecule has 6 aromatic carbocycles. The van der Waals surface area contributed by atoms with E-state index in [9.17, 15) is 56.2 Å². The zero-order valence-electron chi connectivity index (χ0n) is 36.7. The van der Waals surface area contributed by atoms with Crippen LogP contribution in [0, 0.1) is 0 Å². The van der Waals surface area contributed by atoms with Gasteiger partial charge in [0.25, 0.3) is 0 Å². The molecule has 1 unspecified atom stereocenters. The molecule has 4 heterocycles.